The van der Waals surface area contributed by atoms with Crippen molar-refractivity contribution in [2.75, 3.05) is 0 Å². The SMILES string of the molecule is CC=Cc1nnn(C)c1C. The molecule has 0 radical (unpaired) electrons. The van der Waals surface area contributed by atoms with Gasteiger partial charge in [-0.25, -0.2) is 0 Å². The molecule has 0 saturated carbocycles. The van der Waals surface area contributed by atoms with Crippen molar-refractivity contribution < 1.29 is 0 Å². The predicted molar refractivity (Wildman–Crippen MR) is 40.4 cm³/mol. The van der Waals surface area contributed by atoms with E-state index in [2.05, 4.69) is 10.3 Å². The highest BCUT2D eigenvalue weighted by atomic mass is 15.4. The first-order valence-electron chi connectivity index (χ1n) is 3.24. The molecule has 0 aromatic carbocycles. The molecule has 54 valence electrons. The summed E-state index contributed by atoms with van der Waals surface area (Å²) in [6.07, 6.45) is 3.90. The fourth-order valence-electron chi connectivity index (χ4n) is 0.732. The molecule has 1 heterocycles. The third-order valence-electron chi connectivity index (χ3n) is 1.47. The van der Waals surface area contributed by atoms with Gasteiger partial charge in [0.25, 0.3) is 0 Å². The molecule has 10 heavy (non-hydrogen) atoms. The van der Waals surface area contributed by atoms with Gasteiger partial charge in [0, 0.05) is 7.05 Å². The molecule has 0 bridgehead atoms. The van der Waals surface area contributed by atoms with Crippen LogP contribution in [0.25, 0.3) is 6.08 Å². The minimum absolute atomic E-state index is 0.949. The zero-order valence-electron chi connectivity index (χ0n) is 6.50. The molecule has 0 N–H and O–H groups in total. The Bertz CT molecular complexity index is 247. The Hall–Kier alpha value is -1.12. The van der Waals surface area contributed by atoms with Gasteiger partial charge in [-0.05, 0) is 19.9 Å². The average molecular weight is 137 g/mol. The van der Waals surface area contributed by atoms with Gasteiger partial charge >= 0.3 is 0 Å². The lowest BCUT2D eigenvalue weighted by Gasteiger charge is -1.89. The molecule has 0 unspecified atom stereocenters. The molecular formula is C7H11N3. The van der Waals surface area contributed by atoms with Gasteiger partial charge < -0.3 is 0 Å². The summed E-state index contributed by atoms with van der Waals surface area (Å²) in [4.78, 5) is 0. The van der Waals surface area contributed by atoms with Gasteiger partial charge in [-0.15, -0.1) is 5.10 Å². The first-order chi connectivity index (χ1) is 4.75. The van der Waals surface area contributed by atoms with E-state index in [4.69, 9.17) is 0 Å². The summed E-state index contributed by atoms with van der Waals surface area (Å²) < 4.78 is 1.76. The first kappa shape index (κ1) is 6.99. The van der Waals surface area contributed by atoms with Crippen molar-refractivity contribution in [3.63, 3.8) is 0 Å². The van der Waals surface area contributed by atoms with E-state index in [1.165, 1.54) is 0 Å². The standard InChI is InChI=1S/C7H11N3/c1-4-5-7-6(2)10(3)9-8-7/h4-5H,1-3H3. The maximum Gasteiger partial charge on any atom is 0.108 e. The van der Waals surface area contributed by atoms with Crippen LogP contribution in [0.15, 0.2) is 6.08 Å². The Morgan fingerprint density at radius 2 is 2.20 bits per heavy atom. The zero-order chi connectivity index (χ0) is 7.56. The van der Waals surface area contributed by atoms with Crippen LogP contribution in [-0.2, 0) is 7.05 Å². The Kier molecular flexibility index (Phi) is 1.85. The quantitative estimate of drug-likeness (QED) is 0.581. The topological polar surface area (TPSA) is 30.7 Å². The van der Waals surface area contributed by atoms with E-state index >= 15 is 0 Å². The summed E-state index contributed by atoms with van der Waals surface area (Å²) in [5.41, 5.74) is 2.04. The van der Waals surface area contributed by atoms with Gasteiger partial charge in [-0.3, -0.25) is 4.68 Å². The molecule has 1 aromatic rings. The van der Waals surface area contributed by atoms with Gasteiger partial charge in [-0.1, -0.05) is 11.3 Å². The molecule has 0 amide bonds. The van der Waals surface area contributed by atoms with E-state index in [0.29, 0.717) is 0 Å². The maximum absolute atomic E-state index is 3.93. The molecule has 0 atom stereocenters. The number of aryl methyl sites for hydroxylation is 1. The van der Waals surface area contributed by atoms with E-state index in [1.54, 1.807) is 4.68 Å². The smallest absolute Gasteiger partial charge is 0.108 e. The third-order valence-corrected chi connectivity index (χ3v) is 1.47. The van der Waals surface area contributed by atoms with Crippen LogP contribution in [0.5, 0.6) is 0 Å². The summed E-state index contributed by atoms with van der Waals surface area (Å²) in [6.45, 7) is 3.96. The van der Waals surface area contributed by atoms with Crippen LogP contribution in [-0.4, -0.2) is 15.0 Å². The van der Waals surface area contributed by atoms with Gasteiger partial charge in [0.05, 0.1) is 5.69 Å². The number of hydrogen-bond acceptors (Lipinski definition) is 2. The second-order valence-corrected chi connectivity index (χ2v) is 2.18. The summed E-state index contributed by atoms with van der Waals surface area (Å²) in [7, 11) is 1.88. The fourth-order valence-corrected chi connectivity index (χ4v) is 0.732. The van der Waals surface area contributed by atoms with E-state index in [9.17, 15) is 0 Å². The molecule has 0 aliphatic rings. The van der Waals surface area contributed by atoms with Crippen molar-refractivity contribution >= 4 is 6.08 Å². The minimum atomic E-state index is 0.949. The van der Waals surface area contributed by atoms with E-state index in [1.807, 2.05) is 33.0 Å². The monoisotopic (exact) mass is 137 g/mol. The Labute approximate surface area is 60.4 Å². The highest BCUT2D eigenvalue weighted by Gasteiger charge is 1.99. The van der Waals surface area contributed by atoms with Crippen molar-refractivity contribution in [1.82, 2.24) is 15.0 Å². The summed E-state index contributed by atoms with van der Waals surface area (Å²) in [6, 6.07) is 0. The molecule has 0 spiro atoms. The molecule has 3 nitrogen and oxygen atoms in total. The first-order valence-corrected chi connectivity index (χ1v) is 3.24. The lowest BCUT2D eigenvalue weighted by molar-refractivity contribution is 0.696. The van der Waals surface area contributed by atoms with Gasteiger partial charge in [0.15, 0.2) is 0 Å². The molecule has 0 fully saturated rings. The number of aromatic nitrogens is 3. The third kappa shape index (κ3) is 1.07. The van der Waals surface area contributed by atoms with Crippen molar-refractivity contribution in [3.8, 4) is 0 Å². The Morgan fingerprint density at radius 1 is 1.50 bits per heavy atom. The van der Waals surface area contributed by atoms with Crippen molar-refractivity contribution in [2.45, 2.75) is 13.8 Å². The van der Waals surface area contributed by atoms with E-state index < -0.39 is 0 Å². The molecule has 3 heteroatoms. The molecule has 0 saturated heterocycles. The van der Waals surface area contributed by atoms with Crippen LogP contribution in [0, 0.1) is 6.92 Å². The largest absolute Gasteiger partial charge is 0.252 e. The Balaban J connectivity index is 3.05. The van der Waals surface area contributed by atoms with Crippen LogP contribution < -0.4 is 0 Å². The summed E-state index contributed by atoms with van der Waals surface area (Å²) >= 11 is 0. The molecule has 1 aromatic heterocycles. The van der Waals surface area contributed by atoms with Crippen molar-refractivity contribution in [1.29, 1.82) is 0 Å². The predicted octanol–water partition coefficient (Wildman–Crippen LogP) is 1.16. The van der Waals surface area contributed by atoms with Crippen LogP contribution in [0.1, 0.15) is 18.3 Å². The number of allylic oxidation sites excluding steroid dienone is 1. The lowest BCUT2D eigenvalue weighted by Crippen LogP contribution is -1.92. The van der Waals surface area contributed by atoms with Gasteiger partial charge in [0.1, 0.15) is 5.69 Å². The highest BCUT2D eigenvalue weighted by molar-refractivity contribution is 5.45. The Morgan fingerprint density at radius 3 is 2.60 bits per heavy atom. The van der Waals surface area contributed by atoms with Gasteiger partial charge in [0.2, 0.25) is 0 Å². The molecule has 0 aliphatic carbocycles. The average Bonchev–Trinajstić information content (AvgIpc) is 2.20. The molecular weight excluding hydrogens is 126 g/mol. The van der Waals surface area contributed by atoms with Crippen molar-refractivity contribution in [2.24, 2.45) is 7.05 Å². The summed E-state index contributed by atoms with van der Waals surface area (Å²) in [5, 5.41) is 7.78. The second kappa shape index (κ2) is 2.64. The molecule has 1 rings (SSSR count). The minimum Gasteiger partial charge on any atom is -0.252 e. The number of rotatable bonds is 1. The number of hydrogen-bond donors (Lipinski definition) is 0. The van der Waals surface area contributed by atoms with E-state index in [-0.39, 0.29) is 0 Å². The van der Waals surface area contributed by atoms with Crippen molar-refractivity contribution in [3.05, 3.63) is 17.5 Å². The zero-order valence-corrected chi connectivity index (χ0v) is 6.50. The fraction of sp³-hybridized carbons (Fsp3) is 0.429. The van der Waals surface area contributed by atoms with Gasteiger partial charge in [-0.2, -0.15) is 0 Å². The van der Waals surface area contributed by atoms with Crippen LogP contribution >= 0.6 is 0 Å². The highest BCUT2D eigenvalue weighted by Crippen LogP contribution is 2.02. The van der Waals surface area contributed by atoms with Crippen LogP contribution in [0.4, 0.5) is 0 Å². The summed E-state index contributed by atoms with van der Waals surface area (Å²) in [5.74, 6) is 0. The second-order valence-electron chi connectivity index (χ2n) is 2.18. The number of nitrogens with zero attached hydrogens (tertiary/aromatic N) is 3. The van der Waals surface area contributed by atoms with E-state index in [0.717, 1.165) is 11.4 Å². The molecule has 0 aliphatic heterocycles. The normalized spacial score (nSPS) is 11.1. The van der Waals surface area contributed by atoms with Crippen LogP contribution in [0.3, 0.4) is 0 Å². The lowest BCUT2D eigenvalue weighted by atomic mass is 10.3. The maximum atomic E-state index is 3.93. The van der Waals surface area contributed by atoms with Crippen LogP contribution in [0.2, 0.25) is 0 Å².